The Bertz CT molecular complexity index is 737. The predicted molar refractivity (Wildman–Crippen MR) is 97.5 cm³/mol. The van der Waals surface area contributed by atoms with Gasteiger partial charge in [0, 0.05) is 36.2 Å². The summed E-state index contributed by atoms with van der Waals surface area (Å²) in [5.41, 5.74) is -0.183. The summed E-state index contributed by atoms with van der Waals surface area (Å²) in [5, 5.41) is 5.45. The number of thioether (sulfide) groups is 1. The lowest BCUT2D eigenvalue weighted by Gasteiger charge is -2.15. The Kier molecular flexibility index (Phi) is 5.26. The number of ether oxygens (including phenoxy) is 2. The fraction of sp³-hybridized carbons (Fsp3) is 0.471. The molecule has 2 N–H and O–H groups in total. The molecule has 0 atom stereocenters. The number of rotatable bonds is 7. The summed E-state index contributed by atoms with van der Waals surface area (Å²) < 4.78 is 10.5. The summed E-state index contributed by atoms with van der Waals surface area (Å²) in [4.78, 5) is 37.0. The van der Waals surface area contributed by atoms with Gasteiger partial charge in [0.15, 0.2) is 11.5 Å². The number of hydrogen-bond acceptors (Lipinski definition) is 6. The molecule has 4 amide bonds. The highest BCUT2D eigenvalue weighted by Gasteiger charge is 2.43. The molecule has 0 aromatic heterocycles. The van der Waals surface area contributed by atoms with E-state index in [9.17, 15) is 14.4 Å². The maximum Gasteiger partial charge on any atom is 0.325 e. The Morgan fingerprint density at radius 1 is 1.27 bits per heavy atom. The van der Waals surface area contributed by atoms with Crippen LogP contribution in [0.1, 0.15) is 20.3 Å². The largest absolute Gasteiger partial charge is 0.454 e. The number of anilines is 1. The van der Waals surface area contributed by atoms with Gasteiger partial charge in [-0.15, -0.1) is 0 Å². The topological polar surface area (TPSA) is 97.0 Å². The molecule has 0 unspecified atom stereocenters. The van der Waals surface area contributed by atoms with Crippen molar-refractivity contribution < 1.29 is 23.9 Å². The van der Waals surface area contributed by atoms with E-state index >= 15 is 0 Å². The third kappa shape index (κ3) is 4.04. The van der Waals surface area contributed by atoms with Crippen molar-refractivity contribution in [2.24, 2.45) is 0 Å². The van der Waals surface area contributed by atoms with Crippen LogP contribution >= 0.6 is 11.8 Å². The number of amides is 4. The van der Waals surface area contributed by atoms with E-state index in [1.165, 1.54) is 16.7 Å². The fourth-order valence-corrected chi connectivity index (χ4v) is 3.49. The van der Waals surface area contributed by atoms with E-state index in [0.29, 0.717) is 41.7 Å². The van der Waals surface area contributed by atoms with Gasteiger partial charge < -0.3 is 20.1 Å². The van der Waals surface area contributed by atoms with Gasteiger partial charge in [0.1, 0.15) is 5.54 Å². The molecule has 2 aliphatic heterocycles. The van der Waals surface area contributed by atoms with Crippen molar-refractivity contribution in [1.29, 1.82) is 0 Å². The van der Waals surface area contributed by atoms with Crippen LogP contribution in [0, 0.1) is 0 Å². The lowest BCUT2D eigenvalue weighted by molar-refractivity contribution is -0.130. The van der Waals surface area contributed by atoms with Gasteiger partial charge in [-0.3, -0.25) is 14.5 Å². The highest BCUT2D eigenvalue weighted by molar-refractivity contribution is 7.99. The third-order valence-corrected chi connectivity index (χ3v) is 5.00. The number of carbonyl (C=O) groups excluding carboxylic acids is 3. The van der Waals surface area contributed by atoms with Gasteiger partial charge in [-0.1, -0.05) is 0 Å². The molecule has 1 saturated heterocycles. The molecular weight excluding hydrogens is 358 g/mol. The van der Waals surface area contributed by atoms with Crippen LogP contribution in [0.3, 0.4) is 0 Å². The molecule has 3 rings (SSSR count). The molecule has 1 fully saturated rings. The smallest absolute Gasteiger partial charge is 0.325 e. The number of carbonyl (C=O) groups is 3. The Labute approximate surface area is 155 Å². The van der Waals surface area contributed by atoms with Crippen LogP contribution in [0.15, 0.2) is 18.2 Å². The van der Waals surface area contributed by atoms with Gasteiger partial charge in [0.05, 0.1) is 0 Å². The van der Waals surface area contributed by atoms with Crippen LogP contribution < -0.4 is 20.1 Å². The molecular formula is C17H21N3O5S. The maximum absolute atomic E-state index is 12.0. The van der Waals surface area contributed by atoms with Crippen LogP contribution in [0.4, 0.5) is 10.5 Å². The summed E-state index contributed by atoms with van der Waals surface area (Å²) in [6.07, 6.45) is 0.338. The predicted octanol–water partition coefficient (Wildman–Crippen LogP) is 1.81. The van der Waals surface area contributed by atoms with Crippen molar-refractivity contribution in [3.8, 4) is 11.5 Å². The zero-order chi connectivity index (χ0) is 18.7. The normalized spacial score (nSPS) is 17.4. The van der Waals surface area contributed by atoms with Crippen LogP contribution in [0.5, 0.6) is 11.5 Å². The van der Waals surface area contributed by atoms with Crippen LogP contribution in [-0.4, -0.2) is 53.1 Å². The molecule has 0 saturated carbocycles. The second-order valence-corrected chi connectivity index (χ2v) is 7.72. The van der Waals surface area contributed by atoms with Gasteiger partial charge in [-0.2, -0.15) is 11.8 Å². The number of hydrogen-bond donors (Lipinski definition) is 2. The number of nitrogens with one attached hydrogen (secondary N) is 2. The van der Waals surface area contributed by atoms with E-state index in [1.807, 2.05) is 0 Å². The number of benzene rings is 1. The fourth-order valence-electron chi connectivity index (χ4n) is 2.64. The van der Waals surface area contributed by atoms with Crippen LogP contribution in [0.2, 0.25) is 0 Å². The Morgan fingerprint density at radius 2 is 2.04 bits per heavy atom. The van der Waals surface area contributed by atoms with Crippen LogP contribution in [0.25, 0.3) is 0 Å². The summed E-state index contributed by atoms with van der Waals surface area (Å²) in [6.45, 7) is 3.89. The molecule has 0 radical (unpaired) electrons. The minimum Gasteiger partial charge on any atom is -0.454 e. The molecule has 2 heterocycles. The van der Waals surface area contributed by atoms with Crippen molar-refractivity contribution in [3.05, 3.63) is 18.2 Å². The van der Waals surface area contributed by atoms with Gasteiger partial charge in [0.2, 0.25) is 12.7 Å². The van der Waals surface area contributed by atoms with E-state index < -0.39 is 5.54 Å². The molecule has 2 aliphatic rings. The molecule has 9 heteroatoms. The summed E-state index contributed by atoms with van der Waals surface area (Å²) >= 11 is 1.52. The SMILES string of the molecule is CC1(C)NC(=O)N(CCSCCC(=O)Nc2ccc3c(c2)OCO3)C1=O. The second-order valence-electron chi connectivity index (χ2n) is 6.49. The molecule has 140 valence electrons. The van der Waals surface area contributed by atoms with E-state index in [-0.39, 0.29) is 24.6 Å². The summed E-state index contributed by atoms with van der Waals surface area (Å²) in [7, 11) is 0. The lowest BCUT2D eigenvalue weighted by Crippen LogP contribution is -2.40. The zero-order valence-corrected chi connectivity index (χ0v) is 15.5. The molecule has 0 aliphatic carbocycles. The minimum atomic E-state index is -0.841. The van der Waals surface area contributed by atoms with E-state index in [1.54, 1.807) is 32.0 Å². The molecule has 0 spiro atoms. The maximum atomic E-state index is 12.0. The Morgan fingerprint density at radius 3 is 2.77 bits per heavy atom. The van der Waals surface area contributed by atoms with E-state index in [4.69, 9.17) is 9.47 Å². The first-order chi connectivity index (χ1) is 12.4. The second kappa shape index (κ2) is 7.45. The van der Waals surface area contributed by atoms with E-state index in [0.717, 1.165) is 0 Å². The quantitative estimate of drug-likeness (QED) is 0.554. The lowest BCUT2D eigenvalue weighted by atomic mass is 10.1. The molecule has 8 nitrogen and oxygen atoms in total. The Hall–Kier alpha value is -2.42. The number of nitrogens with zero attached hydrogens (tertiary/aromatic N) is 1. The minimum absolute atomic E-state index is 0.104. The molecule has 0 bridgehead atoms. The van der Waals surface area contributed by atoms with Crippen LogP contribution in [-0.2, 0) is 9.59 Å². The van der Waals surface area contributed by atoms with Gasteiger partial charge in [-0.05, 0) is 26.0 Å². The zero-order valence-electron chi connectivity index (χ0n) is 14.7. The van der Waals surface area contributed by atoms with Crippen molar-refractivity contribution in [1.82, 2.24) is 10.2 Å². The first kappa shape index (κ1) is 18.4. The van der Waals surface area contributed by atoms with Crippen molar-refractivity contribution in [2.45, 2.75) is 25.8 Å². The average molecular weight is 379 g/mol. The van der Waals surface area contributed by atoms with Crippen molar-refractivity contribution >= 4 is 35.3 Å². The van der Waals surface area contributed by atoms with Crippen molar-refractivity contribution in [3.63, 3.8) is 0 Å². The van der Waals surface area contributed by atoms with Crippen molar-refractivity contribution in [2.75, 3.05) is 30.2 Å². The first-order valence-corrected chi connectivity index (χ1v) is 9.44. The molecule has 1 aromatic rings. The van der Waals surface area contributed by atoms with Gasteiger partial charge in [0.25, 0.3) is 5.91 Å². The first-order valence-electron chi connectivity index (χ1n) is 8.28. The van der Waals surface area contributed by atoms with E-state index in [2.05, 4.69) is 10.6 Å². The van der Waals surface area contributed by atoms with Gasteiger partial charge >= 0.3 is 6.03 Å². The number of imide groups is 1. The molecule has 1 aromatic carbocycles. The number of urea groups is 1. The highest BCUT2D eigenvalue weighted by atomic mass is 32.2. The summed E-state index contributed by atoms with van der Waals surface area (Å²) in [6, 6.07) is 4.89. The molecule has 26 heavy (non-hydrogen) atoms. The van der Waals surface area contributed by atoms with Gasteiger partial charge in [-0.25, -0.2) is 4.79 Å². The standard InChI is InChI=1S/C17H21N3O5S/c1-17(2)15(22)20(16(23)19-17)6-8-26-7-5-14(21)18-11-3-4-12-13(9-11)25-10-24-12/h3-4,9H,5-8,10H2,1-2H3,(H,18,21)(H,19,23). The monoisotopic (exact) mass is 379 g/mol. The number of fused-ring (bicyclic) bond motifs is 1. The summed E-state index contributed by atoms with van der Waals surface area (Å²) in [5.74, 6) is 2.16. The third-order valence-electron chi connectivity index (χ3n) is 4.03. The highest BCUT2D eigenvalue weighted by Crippen LogP contribution is 2.34. The Balaban J connectivity index is 1.36. The average Bonchev–Trinajstić information content (AvgIpc) is 3.11.